The molecule has 0 unspecified atom stereocenters. The maximum atomic E-state index is 12.3. The van der Waals surface area contributed by atoms with Gasteiger partial charge in [0.15, 0.2) is 0 Å². The van der Waals surface area contributed by atoms with Gasteiger partial charge in [0, 0.05) is 41.6 Å². The van der Waals surface area contributed by atoms with E-state index in [4.69, 9.17) is 23.2 Å². The van der Waals surface area contributed by atoms with Crippen LogP contribution < -0.4 is 4.72 Å². The molecule has 2 heterocycles. The molecule has 9 heteroatoms. The van der Waals surface area contributed by atoms with E-state index >= 15 is 0 Å². The maximum Gasteiger partial charge on any atom is 0.242 e. The van der Waals surface area contributed by atoms with Gasteiger partial charge in [-0.1, -0.05) is 23.2 Å². The van der Waals surface area contributed by atoms with Crippen LogP contribution >= 0.6 is 23.2 Å². The van der Waals surface area contributed by atoms with Gasteiger partial charge in [0.2, 0.25) is 10.0 Å². The minimum absolute atomic E-state index is 0.0382. The van der Waals surface area contributed by atoms with Crippen molar-refractivity contribution >= 4 is 33.2 Å². The van der Waals surface area contributed by atoms with Crippen LogP contribution in [0.15, 0.2) is 53.7 Å². The fourth-order valence-corrected chi connectivity index (χ4v) is 4.03. The number of pyridine rings is 1. The summed E-state index contributed by atoms with van der Waals surface area (Å²) in [5.41, 5.74) is 2.52. The first-order valence-corrected chi connectivity index (χ1v) is 9.59. The quantitative estimate of drug-likeness (QED) is 0.668. The highest BCUT2D eigenvalue weighted by atomic mass is 35.5. The third-order valence-electron chi connectivity index (χ3n) is 3.48. The molecule has 0 saturated heterocycles. The number of rotatable bonds is 6. The summed E-state index contributed by atoms with van der Waals surface area (Å²) < 4.78 is 27.2. The number of halogens is 2. The van der Waals surface area contributed by atoms with Crippen molar-refractivity contribution in [2.24, 2.45) is 0 Å². The van der Waals surface area contributed by atoms with Gasteiger partial charge in [-0.15, -0.1) is 0 Å². The molecule has 130 valence electrons. The van der Waals surface area contributed by atoms with E-state index in [1.54, 1.807) is 12.4 Å². The molecule has 0 fully saturated rings. The Balaban J connectivity index is 1.65. The first-order valence-electron chi connectivity index (χ1n) is 7.35. The number of nitrogens with zero attached hydrogens (tertiary/aromatic N) is 2. The monoisotopic (exact) mass is 396 g/mol. The van der Waals surface area contributed by atoms with Crippen LogP contribution in [0.2, 0.25) is 10.0 Å². The van der Waals surface area contributed by atoms with Crippen LogP contribution in [0.25, 0.3) is 11.3 Å². The normalized spacial score (nSPS) is 11.6. The molecule has 3 rings (SSSR count). The molecule has 1 aromatic carbocycles. The zero-order valence-corrected chi connectivity index (χ0v) is 15.2. The lowest BCUT2D eigenvalue weighted by atomic mass is 10.2. The molecule has 0 saturated carbocycles. The van der Waals surface area contributed by atoms with Crippen LogP contribution in [0.5, 0.6) is 0 Å². The van der Waals surface area contributed by atoms with E-state index in [9.17, 15) is 8.42 Å². The summed E-state index contributed by atoms with van der Waals surface area (Å²) in [7, 11) is -3.74. The second kappa shape index (κ2) is 7.53. The fourth-order valence-electron chi connectivity index (χ4n) is 2.24. The van der Waals surface area contributed by atoms with E-state index in [0.29, 0.717) is 11.4 Å². The van der Waals surface area contributed by atoms with Gasteiger partial charge in [-0.2, -0.15) is 5.10 Å². The Morgan fingerprint density at radius 3 is 2.60 bits per heavy atom. The van der Waals surface area contributed by atoms with Crippen LogP contribution in [0.3, 0.4) is 0 Å². The van der Waals surface area contributed by atoms with Gasteiger partial charge < -0.3 is 0 Å². The molecular formula is C16H14Cl2N4O2S. The zero-order valence-electron chi connectivity index (χ0n) is 12.9. The minimum Gasteiger partial charge on any atom is -0.282 e. The van der Waals surface area contributed by atoms with Gasteiger partial charge in [-0.3, -0.25) is 10.1 Å². The average Bonchev–Trinajstić information content (AvgIpc) is 3.06. The summed E-state index contributed by atoms with van der Waals surface area (Å²) in [4.78, 5) is 3.92. The highest BCUT2D eigenvalue weighted by molar-refractivity contribution is 7.89. The van der Waals surface area contributed by atoms with Crippen molar-refractivity contribution in [1.29, 1.82) is 0 Å². The van der Waals surface area contributed by atoms with Gasteiger partial charge in [-0.25, -0.2) is 13.1 Å². The second-order valence-electron chi connectivity index (χ2n) is 5.24. The Kier molecular flexibility index (Phi) is 5.39. The number of hydrogen-bond acceptors (Lipinski definition) is 4. The lowest BCUT2D eigenvalue weighted by Crippen LogP contribution is -2.26. The molecule has 6 nitrogen and oxygen atoms in total. The average molecular weight is 397 g/mol. The van der Waals surface area contributed by atoms with E-state index in [1.807, 2.05) is 18.2 Å². The Bertz CT molecular complexity index is 975. The molecule has 0 bridgehead atoms. The van der Waals surface area contributed by atoms with E-state index in [-0.39, 0.29) is 16.5 Å². The summed E-state index contributed by atoms with van der Waals surface area (Å²) >= 11 is 11.8. The highest BCUT2D eigenvalue weighted by Gasteiger charge is 2.18. The highest BCUT2D eigenvalue weighted by Crippen LogP contribution is 2.24. The van der Waals surface area contributed by atoms with Crippen molar-refractivity contribution in [3.8, 4) is 11.3 Å². The number of aromatic nitrogens is 3. The third kappa shape index (κ3) is 4.38. The zero-order chi connectivity index (χ0) is 17.9. The molecule has 0 amide bonds. The maximum absolute atomic E-state index is 12.3. The summed E-state index contributed by atoms with van der Waals surface area (Å²) in [5.74, 6) is 0. The first-order chi connectivity index (χ1) is 12.0. The number of benzene rings is 1. The van der Waals surface area contributed by atoms with Crippen LogP contribution in [-0.2, 0) is 16.4 Å². The molecule has 2 N–H and O–H groups in total. The van der Waals surface area contributed by atoms with E-state index in [2.05, 4.69) is 19.9 Å². The number of sulfonamides is 1. The standard InChI is InChI=1S/C16H14Cl2N4O2S/c17-12-1-2-14(18)16(9-12)25(23,24)20-8-5-13-10-15(22-21-13)11-3-6-19-7-4-11/h1-4,6-7,9-10,20H,5,8H2,(H,21,22). The van der Waals surface area contributed by atoms with Gasteiger partial charge in [0.1, 0.15) is 4.90 Å². The third-order valence-corrected chi connectivity index (χ3v) is 5.65. The summed E-state index contributed by atoms with van der Waals surface area (Å²) in [6.45, 7) is 0.198. The minimum atomic E-state index is -3.74. The number of hydrogen-bond donors (Lipinski definition) is 2. The first kappa shape index (κ1) is 17.9. The summed E-state index contributed by atoms with van der Waals surface area (Å²) in [6.07, 6.45) is 3.83. The molecule has 0 spiro atoms. The second-order valence-corrected chi connectivity index (χ2v) is 7.82. The van der Waals surface area contributed by atoms with Gasteiger partial charge in [0.25, 0.3) is 0 Å². The Labute approximate surface area is 155 Å². The summed E-state index contributed by atoms with van der Waals surface area (Å²) in [5, 5.41) is 7.54. The molecule has 0 aliphatic carbocycles. The molecule has 2 aromatic heterocycles. The number of aromatic amines is 1. The Morgan fingerprint density at radius 1 is 1.08 bits per heavy atom. The Morgan fingerprint density at radius 2 is 1.84 bits per heavy atom. The summed E-state index contributed by atoms with van der Waals surface area (Å²) in [6, 6.07) is 9.88. The largest absolute Gasteiger partial charge is 0.282 e. The van der Waals surface area contributed by atoms with Crippen molar-refractivity contribution < 1.29 is 8.42 Å². The smallest absolute Gasteiger partial charge is 0.242 e. The van der Waals surface area contributed by atoms with E-state index in [0.717, 1.165) is 17.0 Å². The van der Waals surface area contributed by atoms with Crippen molar-refractivity contribution in [3.05, 3.63) is 64.5 Å². The lowest BCUT2D eigenvalue weighted by molar-refractivity contribution is 0.581. The number of H-pyrrole nitrogens is 1. The van der Waals surface area contributed by atoms with Crippen LogP contribution in [0.1, 0.15) is 5.69 Å². The SMILES string of the molecule is O=S(=O)(NCCc1cc(-c2ccncc2)n[nH]1)c1cc(Cl)ccc1Cl. The van der Waals surface area contributed by atoms with Gasteiger partial charge in [-0.05, 0) is 36.4 Å². The molecule has 25 heavy (non-hydrogen) atoms. The Hall–Kier alpha value is -1.93. The van der Waals surface area contributed by atoms with Crippen molar-refractivity contribution in [2.75, 3.05) is 6.54 Å². The van der Waals surface area contributed by atoms with Gasteiger partial charge in [0.05, 0.1) is 10.7 Å². The van der Waals surface area contributed by atoms with E-state index in [1.165, 1.54) is 18.2 Å². The van der Waals surface area contributed by atoms with Crippen molar-refractivity contribution in [3.63, 3.8) is 0 Å². The van der Waals surface area contributed by atoms with E-state index < -0.39 is 10.0 Å². The molecule has 0 atom stereocenters. The van der Waals surface area contributed by atoms with Crippen LogP contribution in [0, 0.1) is 0 Å². The van der Waals surface area contributed by atoms with Crippen molar-refractivity contribution in [2.45, 2.75) is 11.3 Å². The van der Waals surface area contributed by atoms with Crippen LogP contribution in [0.4, 0.5) is 0 Å². The molecule has 0 aliphatic rings. The van der Waals surface area contributed by atoms with Gasteiger partial charge >= 0.3 is 0 Å². The van der Waals surface area contributed by atoms with Crippen LogP contribution in [-0.4, -0.2) is 30.1 Å². The molecule has 0 radical (unpaired) electrons. The predicted molar refractivity (Wildman–Crippen MR) is 97.2 cm³/mol. The molecular weight excluding hydrogens is 383 g/mol. The predicted octanol–water partition coefficient (Wildman–Crippen LogP) is 3.30. The topological polar surface area (TPSA) is 87.7 Å². The molecule has 0 aliphatic heterocycles. The van der Waals surface area contributed by atoms with Crippen molar-refractivity contribution in [1.82, 2.24) is 19.9 Å². The lowest BCUT2D eigenvalue weighted by Gasteiger charge is -2.08. The number of nitrogens with one attached hydrogen (secondary N) is 2. The molecule has 3 aromatic rings. The fraction of sp³-hybridized carbons (Fsp3) is 0.125.